The standard InChI is InChI=1S/C14H25N3S/c1-10(2)12-9-17(11(3)8-16-12)14(4,5)13-15-6-7-18-13/h6-7,10-12,16H,8-9H2,1-5H3. The first-order valence-electron chi connectivity index (χ1n) is 6.83. The summed E-state index contributed by atoms with van der Waals surface area (Å²) in [5, 5.41) is 6.95. The van der Waals surface area contributed by atoms with Gasteiger partial charge < -0.3 is 5.32 Å². The summed E-state index contributed by atoms with van der Waals surface area (Å²) in [6, 6.07) is 1.14. The Labute approximate surface area is 115 Å². The molecule has 1 N–H and O–H groups in total. The van der Waals surface area contributed by atoms with Crippen LogP contribution in [-0.4, -0.2) is 35.1 Å². The van der Waals surface area contributed by atoms with Crippen molar-refractivity contribution >= 4 is 11.3 Å². The molecule has 1 aromatic rings. The van der Waals surface area contributed by atoms with E-state index < -0.39 is 0 Å². The number of hydrogen-bond acceptors (Lipinski definition) is 4. The van der Waals surface area contributed by atoms with E-state index in [9.17, 15) is 0 Å². The lowest BCUT2D eigenvalue weighted by Gasteiger charge is -2.48. The van der Waals surface area contributed by atoms with Crippen LogP contribution in [0.1, 0.15) is 39.6 Å². The second-order valence-corrected chi connectivity index (χ2v) is 7.05. The molecular weight excluding hydrogens is 242 g/mol. The number of nitrogens with one attached hydrogen (secondary N) is 1. The summed E-state index contributed by atoms with van der Waals surface area (Å²) in [5.74, 6) is 0.673. The first kappa shape index (κ1) is 14.0. The summed E-state index contributed by atoms with van der Waals surface area (Å²) in [6.07, 6.45) is 1.91. The van der Waals surface area contributed by atoms with Gasteiger partial charge in [-0.3, -0.25) is 4.90 Å². The van der Waals surface area contributed by atoms with Gasteiger partial charge in [0, 0.05) is 36.8 Å². The van der Waals surface area contributed by atoms with Crippen molar-refractivity contribution in [2.75, 3.05) is 13.1 Å². The molecule has 0 bridgehead atoms. The third-order valence-electron chi connectivity index (χ3n) is 4.08. The van der Waals surface area contributed by atoms with E-state index in [1.165, 1.54) is 5.01 Å². The second kappa shape index (κ2) is 5.27. The highest BCUT2D eigenvalue weighted by Crippen LogP contribution is 2.32. The maximum Gasteiger partial charge on any atom is 0.112 e. The number of hydrogen-bond donors (Lipinski definition) is 1. The molecule has 3 nitrogen and oxygen atoms in total. The number of rotatable bonds is 3. The fraction of sp³-hybridized carbons (Fsp3) is 0.786. The Balaban J connectivity index is 2.19. The molecular formula is C14H25N3S. The monoisotopic (exact) mass is 267 g/mol. The molecule has 2 atom stereocenters. The smallest absolute Gasteiger partial charge is 0.112 e. The Hall–Kier alpha value is -0.450. The minimum atomic E-state index is 0.0306. The minimum Gasteiger partial charge on any atom is -0.311 e. The Morgan fingerprint density at radius 3 is 2.78 bits per heavy atom. The lowest BCUT2D eigenvalue weighted by atomic mass is 9.93. The molecule has 0 amide bonds. The van der Waals surface area contributed by atoms with Gasteiger partial charge in [-0.25, -0.2) is 4.98 Å². The minimum absolute atomic E-state index is 0.0306. The van der Waals surface area contributed by atoms with Gasteiger partial charge in [0.05, 0.1) is 5.54 Å². The van der Waals surface area contributed by atoms with Crippen LogP contribution >= 0.6 is 11.3 Å². The van der Waals surface area contributed by atoms with E-state index in [4.69, 9.17) is 0 Å². The molecule has 1 aliphatic heterocycles. The van der Waals surface area contributed by atoms with Crippen LogP contribution in [0.15, 0.2) is 11.6 Å². The Kier molecular flexibility index (Phi) is 4.09. The Bertz CT molecular complexity index is 372. The molecule has 0 radical (unpaired) electrons. The van der Waals surface area contributed by atoms with Crippen molar-refractivity contribution in [2.45, 2.75) is 52.2 Å². The molecule has 0 aromatic carbocycles. The number of thiazole rings is 1. The van der Waals surface area contributed by atoms with E-state index in [0.717, 1.165) is 13.1 Å². The van der Waals surface area contributed by atoms with E-state index in [1.807, 2.05) is 6.20 Å². The van der Waals surface area contributed by atoms with Crippen molar-refractivity contribution in [3.05, 3.63) is 16.6 Å². The average molecular weight is 267 g/mol. The summed E-state index contributed by atoms with van der Waals surface area (Å²) in [4.78, 5) is 7.13. The maximum absolute atomic E-state index is 4.52. The third-order valence-corrected chi connectivity index (χ3v) is 5.17. The van der Waals surface area contributed by atoms with Crippen molar-refractivity contribution in [1.82, 2.24) is 15.2 Å². The molecule has 2 unspecified atom stereocenters. The van der Waals surface area contributed by atoms with Crippen LogP contribution in [0, 0.1) is 5.92 Å². The van der Waals surface area contributed by atoms with E-state index in [2.05, 4.69) is 55.2 Å². The molecule has 4 heteroatoms. The number of aromatic nitrogens is 1. The van der Waals surface area contributed by atoms with Crippen LogP contribution in [0.2, 0.25) is 0 Å². The molecule has 2 rings (SSSR count). The van der Waals surface area contributed by atoms with Gasteiger partial charge in [0.2, 0.25) is 0 Å². The SMILES string of the molecule is CC(C)C1CN(C(C)(C)c2nccs2)C(C)CN1. The molecule has 1 aromatic heterocycles. The van der Waals surface area contributed by atoms with Crippen molar-refractivity contribution in [3.8, 4) is 0 Å². The second-order valence-electron chi connectivity index (χ2n) is 6.16. The van der Waals surface area contributed by atoms with Crippen LogP contribution in [-0.2, 0) is 5.54 Å². The molecule has 0 spiro atoms. The first-order valence-corrected chi connectivity index (χ1v) is 7.71. The Morgan fingerprint density at radius 2 is 2.22 bits per heavy atom. The van der Waals surface area contributed by atoms with Gasteiger partial charge in [0.25, 0.3) is 0 Å². The maximum atomic E-state index is 4.52. The van der Waals surface area contributed by atoms with Gasteiger partial charge in [-0.2, -0.15) is 0 Å². The van der Waals surface area contributed by atoms with Crippen molar-refractivity contribution in [1.29, 1.82) is 0 Å². The molecule has 2 heterocycles. The summed E-state index contributed by atoms with van der Waals surface area (Å²) in [7, 11) is 0. The summed E-state index contributed by atoms with van der Waals surface area (Å²) < 4.78 is 0. The lowest BCUT2D eigenvalue weighted by Crippen LogP contribution is -2.61. The third kappa shape index (κ3) is 2.60. The van der Waals surface area contributed by atoms with Gasteiger partial charge in [-0.15, -0.1) is 11.3 Å². The van der Waals surface area contributed by atoms with Crippen molar-refractivity contribution in [3.63, 3.8) is 0 Å². The highest BCUT2D eigenvalue weighted by molar-refractivity contribution is 7.09. The Morgan fingerprint density at radius 1 is 1.50 bits per heavy atom. The zero-order valence-corrected chi connectivity index (χ0v) is 12.9. The van der Waals surface area contributed by atoms with E-state index in [-0.39, 0.29) is 5.54 Å². The van der Waals surface area contributed by atoms with Crippen LogP contribution in [0.25, 0.3) is 0 Å². The number of piperazine rings is 1. The van der Waals surface area contributed by atoms with Gasteiger partial charge >= 0.3 is 0 Å². The predicted molar refractivity (Wildman–Crippen MR) is 77.9 cm³/mol. The van der Waals surface area contributed by atoms with Crippen LogP contribution in [0.5, 0.6) is 0 Å². The average Bonchev–Trinajstić information content (AvgIpc) is 2.82. The van der Waals surface area contributed by atoms with Crippen LogP contribution < -0.4 is 5.32 Å². The van der Waals surface area contributed by atoms with Gasteiger partial charge in [0.15, 0.2) is 0 Å². The molecule has 0 saturated carbocycles. The lowest BCUT2D eigenvalue weighted by molar-refractivity contribution is 0.0272. The molecule has 1 aliphatic rings. The van der Waals surface area contributed by atoms with Crippen LogP contribution in [0.4, 0.5) is 0 Å². The first-order chi connectivity index (χ1) is 8.43. The normalized spacial score (nSPS) is 26.8. The van der Waals surface area contributed by atoms with Crippen molar-refractivity contribution in [2.24, 2.45) is 5.92 Å². The van der Waals surface area contributed by atoms with Crippen LogP contribution in [0.3, 0.4) is 0 Å². The predicted octanol–water partition coefficient (Wildman–Crippen LogP) is 2.70. The topological polar surface area (TPSA) is 28.2 Å². The summed E-state index contributed by atoms with van der Waals surface area (Å²) >= 11 is 1.76. The molecule has 1 fully saturated rings. The summed E-state index contributed by atoms with van der Waals surface area (Å²) in [6.45, 7) is 13.7. The zero-order chi connectivity index (χ0) is 13.3. The molecule has 0 aliphatic carbocycles. The van der Waals surface area contributed by atoms with E-state index >= 15 is 0 Å². The highest BCUT2D eigenvalue weighted by Gasteiger charge is 2.38. The summed E-state index contributed by atoms with van der Waals surface area (Å²) in [5.41, 5.74) is 0.0306. The largest absolute Gasteiger partial charge is 0.311 e. The van der Waals surface area contributed by atoms with Crippen molar-refractivity contribution < 1.29 is 0 Å². The molecule has 1 saturated heterocycles. The molecule has 102 valence electrons. The van der Waals surface area contributed by atoms with E-state index in [0.29, 0.717) is 18.0 Å². The fourth-order valence-electron chi connectivity index (χ4n) is 2.76. The van der Waals surface area contributed by atoms with Gasteiger partial charge in [0.1, 0.15) is 5.01 Å². The quantitative estimate of drug-likeness (QED) is 0.912. The van der Waals surface area contributed by atoms with Gasteiger partial charge in [-0.1, -0.05) is 13.8 Å². The zero-order valence-electron chi connectivity index (χ0n) is 12.1. The van der Waals surface area contributed by atoms with Gasteiger partial charge in [-0.05, 0) is 26.7 Å². The van der Waals surface area contributed by atoms with E-state index in [1.54, 1.807) is 11.3 Å². The molecule has 18 heavy (non-hydrogen) atoms. The fourth-order valence-corrected chi connectivity index (χ4v) is 3.54. The number of nitrogens with zero attached hydrogens (tertiary/aromatic N) is 2. The highest BCUT2D eigenvalue weighted by atomic mass is 32.1.